The molecule has 3 aromatic rings. The molecule has 0 unspecified atom stereocenters. The van der Waals surface area contributed by atoms with Gasteiger partial charge in [0.1, 0.15) is 18.1 Å². The van der Waals surface area contributed by atoms with E-state index >= 15 is 0 Å². The number of hydrogen-bond acceptors (Lipinski definition) is 3. The molecule has 4 rings (SSSR count). The molecule has 2 amide bonds. The molecule has 0 aromatic heterocycles. The number of benzene rings is 3. The summed E-state index contributed by atoms with van der Waals surface area (Å²) in [6, 6.07) is 23.2. The Bertz CT molecular complexity index is 987. The molecular formula is C25H26N2O3. The van der Waals surface area contributed by atoms with Gasteiger partial charge in [-0.05, 0) is 61.2 Å². The summed E-state index contributed by atoms with van der Waals surface area (Å²) in [5.74, 6) is 1.61. The predicted molar refractivity (Wildman–Crippen MR) is 120 cm³/mol. The van der Waals surface area contributed by atoms with E-state index in [0.29, 0.717) is 13.2 Å². The molecule has 5 nitrogen and oxygen atoms in total. The standard InChI is InChI=1S/C25H26N2O3/c1-29-24-12-7-11-23-22(24)10-5-6-17-27(23)25(28)26-20-13-15-21(16-14-20)30-18-19-8-3-2-4-9-19/h2-4,7-9,11-16H,5-6,10,17-18H2,1H3,(H,26,28). The summed E-state index contributed by atoms with van der Waals surface area (Å²) in [7, 11) is 1.67. The van der Waals surface area contributed by atoms with Gasteiger partial charge in [-0.2, -0.15) is 0 Å². The molecule has 1 aliphatic rings. The number of carbonyl (C=O) groups is 1. The van der Waals surface area contributed by atoms with E-state index in [1.165, 1.54) is 0 Å². The molecule has 3 aromatic carbocycles. The van der Waals surface area contributed by atoms with Gasteiger partial charge in [-0.25, -0.2) is 4.79 Å². The average molecular weight is 402 g/mol. The quantitative estimate of drug-likeness (QED) is 0.600. The Balaban J connectivity index is 1.43. The molecule has 1 N–H and O–H groups in total. The minimum Gasteiger partial charge on any atom is -0.496 e. The fourth-order valence-corrected chi connectivity index (χ4v) is 3.72. The Morgan fingerprint density at radius 2 is 1.77 bits per heavy atom. The van der Waals surface area contributed by atoms with Crippen LogP contribution in [0.25, 0.3) is 0 Å². The molecule has 0 aliphatic carbocycles. The highest BCUT2D eigenvalue weighted by molar-refractivity contribution is 6.02. The topological polar surface area (TPSA) is 50.8 Å². The van der Waals surface area contributed by atoms with Gasteiger partial charge in [-0.15, -0.1) is 0 Å². The SMILES string of the molecule is COc1cccc2c1CCCCN2C(=O)Nc1ccc(OCc2ccccc2)cc1. The van der Waals surface area contributed by atoms with Crippen molar-refractivity contribution in [1.29, 1.82) is 0 Å². The van der Waals surface area contributed by atoms with Crippen LogP contribution in [-0.2, 0) is 13.0 Å². The molecule has 0 saturated heterocycles. The van der Waals surface area contributed by atoms with Crippen LogP contribution in [0.15, 0.2) is 72.8 Å². The van der Waals surface area contributed by atoms with Gasteiger partial charge in [0.05, 0.1) is 12.8 Å². The minimum atomic E-state index is -0.135. The van der Waals surface area contributed by atoms with Crippen LogP contribution in [0.3, 0.4) is 0 Å². The zero-order chi connectivity index (χ0) is 20.8. The highest BCUT2D eigenvalue weighted by atomic mass is 16.5. The van der Waals surface area contributed by atoms with Crippen molar-refractivity contribution in [2.45, 2.75) is 25.9 Å². The first-order chi connectivity index (χ1) is 14.7. The van der Waals surface area contributed by atoms with Crippen molar-refractivity contribution in [2.75, 3.05) is 23.9 Å². The Kier molecular flexibility index (Phi) is 6.18. The van der Waals surface area contributed by atoms with Crippen LogP contribution in [0.2, 0.25) is 0 Å². The number of hydrogen-bond donors (Lipinski definition) is 1. The third-order valence-electron chi connectivity index (χ3n) is 5.28. The van der Waals surface area contributed by atoms with Crippen molar-refractivity contribution in [3.05, 3.63) is 83.9 Å². The van der Waals surface area contributed by atoms with Crippen molar-refractivity contribution in [2.24, 2.45) is 0 Å². The molecule has 0 bridgehead atoms. The van der Waals surface area contributed by atoms with Crippen molar-refractivity contribution in [3.8, 4) is 11.5 Å². The zero-order valence-electron chi connectivity index (χ0n) is 17.1. The number of carbonyl (C=O) groups excluding carboxylic acids is 1. The van der Waals surface area contributed by atoms with E-state index in [9.17, 15) is 4.79 Å². The Hall–Kier alpha value is -3.47. The lowest BCUT2D eigenvalue weighted by Gasteiger charge is -2.24. The van der Waals surface area contributed by atoms with Crippen LogP contribution in [-0.4, -0.2) is 19.7 Å². The second-order valence-corrected chi connectivity index (χ2v) is 7.30. The second-order valence-electron chi connectivity index (χ2n) is 7.30. The molecule has 30 heavy (non-hydrogen) atoms. The van der Waals surface area contributed by atoms with Crippen molar-refractivity contribution >= 4 is 17.4 Å². The van der Waals surface area contributed by atoms with E-state index in [1.54, 1.807) is 7.11 Å². The third kappa shape index (κ3) is 4.57. The van der Waals surface area contributed by atoms with E-state index in [0.717, 1.165) is 53.3 Å². The largest absolute Gasteiger partial charge is 0.496 e. The fourth-order valence-electron chi connectivity index (χ4n) is 3.72. The summed E-state index contributed by atoms with van der Waals surface area (Å²) < 4.78 is 11.3. The molecular weight excluding hydrogens is 376 g/mol. The first kappa shape index (κ1) is 19.8. The first-order valence-corrected chi connectivity index (χ1v) is 10.3. The van der Waals surface area contributed by atoms with Crippen molar-refractivity contribution in [1.82, 2.24) is 0 Å². The van der Waals surface area contributed by atoms with Crippen molar-refractivity contribution in [3.63, 3.8) is 0 Å². The van der Waals surface area contributed by atoms with E-state index < -0.39 is 0 Å². The maximum Gasteiger partial charge on any atom is 0.326 e. The van der Waals surface area contributed by atoms with Gasteiger partial charge >= 0.3 is 6.03 Å². The Morgan fingerprint density at radius 3 is 2.53 bits per heavy atom. The number of anilines is 2. The third-order valence-corrected chi connectivity index (χ3v) is 5.28. The highest BCUT2D eigenvalue weighted by Crippen LogP contribution is 2.33. The number of ether oxygens (including phenoxy) is 2. The van der Waals surface area contributed by atoms with Gasteiger partial charge < -0.3 is 14.8 Å². The zero-order valence-corrected chi connectivity index (χ0v) is 17.1. The smallest absolute Gasteiger partial charge is 0.326 e. The number of methoxy groups -OCH3 is 1. The molecule has 0 fully saturated rings. The molecule has 1 heterocycles. The average Bonchev–Trinajstić information content (AvgIpc) is 3.02. The van der Waals surface area contributed by atoms with Gasteiger partial charge in [-0.1, -0.05) is 36.4 Å². The lowest BCUT2D eigenvalue weighted by molar-refractivity contribution is 0.257. The summed E-state index contributed by atoms with van der Waals surface area (Å²) in [4.78, 5) is 14.8. The van der Waals surface area contributed by atoms with Crippen molar-refractivity contribution < 1.29 is 14.3 Å². The minimum absolute atomic E-state index is 0.135. The summed E-state index contributed by atoms with van der Waals surface area (Å²) in [5, 5.41) is 3.01. The second kappa shape index (κ2) is 9.35. The molecule has 0 spiro atoms. The first-order valence-electron chi connectivity index (χ1n) is 10.3. The summed E-state index contributed by atoms with van der Waals surface area (Å²) in [6.45, 7) is 1.20. The van der Waals surface area contributed by atoms with Crippen LogP contribution in [0.1, 0.15) is 24.0 Å². The highest BCUT2D eigenvalue weighted by Gasteiger charge is 2.23. The van der Waals surface area contributed by atoms with Crippen LogP contribution in [0.5, 0.6) is 11.5 Å². The van der Waals surface area contributed by atoms with Gasteiger partial charge in [0.25, 0.3) is 0 Å². The number of nitrogens with zero attached hydrogens (tertiary/aromatic N) is 1. The van der Waals surface area contributed by atoms with Crippen LogP contribution < -0.4 is 19.7 Å². The normalized spacial score (nSPS) is 13.2. The molecule has 0 saturated carbocycles. The van der Waals surface area contributed by atoms with Crippen LogP contribution >= 0.6 is 0 Å². The van der Waals surface area contributed by atoms with E-state index in [1.807, 2.05) is 77.7 Å². The van der Waals surface area contributed by atoms with Gasteiger partial charge in [0.2, 0.25) is 0 Å². The molecule has 0 radical (unpaired) electrons. The molecule has 154 valence electrons. The van der Waals surface area contributed by atoms with Crippen LogP contribution in [0, 0.1) is 0 Å². The lowest BCUT2D eigenvalue weighted by atomic mass is 10.1. The lowest BCUT2D eigenvalue weighted by Crippen LogP contribution is -2.35. The summed E-state index contributed by atoms with van der Waals surface area (Å²) in [5.41, 5.74) is 3.87. The number of nitrogens with one attached hydrogen (secondary N) is 1. The van der Waals surface area contributed by atoms with Gasteiger partial charge in [0.15, 0.2) is 0 Å². The monoisotopic (exact) mass is 402 g/mol. The Labute approximate surface area is 177 Å². The number of fused-ring (bicyclic) bond motifs is 1. The maximum absolute atomic E-state index is 13.0. The maximum atomic E-state index is 13.0. The fraction of sp³-hybridized carbons (Fsp3) is 0.240. The molecule has 1 aliphatic heterocycles. The Morgan fingerprint density at radius 1 is 0.967 bits per heavy atom. The number of urea groups is 1. The molecule has 5 heteroatoms. The van der Waals surface area contributed by atoms with Gasteiger partial charge in [-0.3, -0.25) is 4.90 Å². The summed E-state index contributed by atoms with van der Waals surface area (Å²) in [6.07, 6.45) is 2.90. The molecule has 0 atom stereocenters. The number of rotatable bonds is 5. The van der Waals surface area contributed by atoms with E-state index in [4.69, 9.17) is 9.47 Å². The summed E-state index contributed by atoms with van der Waals surface area (Å²) >= 11 is 0. The predicted octanol–water partition coefficient (Wildman–Crippen LogP) is 5.65. The van der Waals surface area contributed by atoms with E-state index in [2.05, 4.69) is 5.32 Å². The van der Waals surface area contributed by atoms with Gasteiger partial charge in [0, 0.05) is 17.8 Å². The van der Waals surface area contributed by atoms with Crippen LogP contribution in [0.4, 0.5) is 16.2 Å². The number of amides is 2. The van der Waals surface area contributed by atoms with E-state index in [-0.39, 0.29) is 6.03 Å².